The van der Waals surface area contributed by atoms with Crippen molar-refractivity contribution in [2.24, 2.45) is 11.8 Å². The molecule has 2 aliphatic heterocycles. The average molecular weight is 658 g/mol. The van der Waals surface area contributed by atoms with Crippen molar-refractivity contribution in [1.82, 2.24) is 9.21 Å². The lowest BCUT2D eigenvalue weighted by Crippen LogP contribution is -2.45. The third kappa shape index (κ3) is 9.40. The molecule has 0 atom stereocenters. The van der Waals surface area contributed by atoms with Crippen molar-refractivity contribution in [3.63, 3.8) is 0 Å². The number of nitrogens with zero attached hydrogens (tertiary/aromatic N) is 3. The number of piperidine rings is 2. The van der Waals surface area contributed by atoms with Crippen LogP contribution in [0.3, 0.4) is 0 Å². The van der Waals surface area contributed by atoms with E-state index in [1.807, 2.05) is 17.0 Å². The first-order valence-corrected chi connectivity index (χ1v) is 20.6. The Bertz CT molecular complexity index is 1470. The zero-order chi connectivity index (χ0) is 32.0. The third-order valence-corrected chi connectivity index (χ3v) is 12.7. The van der Waals surface area contributed by atoms with E-state index in [0.717, 1.165) is 51.0 Å². The monoisotopic (exact) mass is 657 g/mol. The minimum atomic E-state index is -3.24. The average Bonchev–Trinajstić information content (AvgIpc) is 3.04. The molecule has 10 heteroatoms. The van der Waals surface area contributed by atoms with Gasteiger partial charge in [-0.15, -0.1) is 0 Å². The van der Waals surface area contributed by atoms with E-state index in [9.17, 15) is 21.6 Å². The van der Waals surface area contributed by atoms with E-state index in [4.69, 9.17) is 0 Å². The Balaban J connectivity index is 1.16. The topological polar surface area (TPSA) is 95.1 Å². The number of sulfone groups is 1. The quantitative estimate of drug-likeness (QED) is 0.318. The molecule has 3 fully saturated rings. The van der Waals surface area contributed by atoms with Gasteiger partial charge in [0, 0.05) is 37.5 Å². The predicted molar refractivity (Wildman–Crippen MR) is 181 cm³/mol. The summed E-state index contributed by atoms with van der Waals surface area (Å²) >= 11 is 0. The standard InChI is InChI=1S/C35H51N3O5S2/c1-44(40,41)34-15-9-28(10-16-34)27-29-17-23-36(24-18-29)21-6-22-38(35(39)32-19-25-37(26-20-32)45(2,42)43)33-13-11-31(12-14-33)30-7-4-3-5-8-30/h9-16,29-30,32H,3-8,17-27H2,1-2H3. The molecule has 8 nitrogen and oxygen atoms in total. The summed E-state index contributed by atoms with van der Waals surface area (Å²) in [4.78, 5) is 18.8. The van der Waals surface area contributed by atoms with E-state index in [-0.39, 0.29) is 11.8 Å². The maximum atomic E-state index is 13.9. The van der Waals surface area contributed by atoms with Gasteiger partial charge in [-0.25, -0.2) is 21.1 Å². The molecule has 248 valence electrons. The van der Waals surface area contributed by atoms with Gasteiger partial charge in [-0.2, -0.15) is 0 Å². The summed E-state index contributed by atoms with van der Waals surface area (Å²) in [6, 6.07) is 16.0. The van der Waals surface area contributed by atoms with E-state index < -0.39 is 19.9 Å². The van der Waals surface area contributed by atoms with Crippen molar-refractivity contribution in [2.45, 2.75) is 81.4 Å². The second-order valence-corrected chi connectivity index (χ2v) is 17.6. The molecular formula is C35H51N3O5S2. The normalized spacial score (nSPS) is 20.3. The first-order valence-electron chi connectivity index (χ1n) is 16.8. The molecule has 1 saturated carbocycles. The van der Waals surface area contributed by atoms with Crippen molar-refractivity contribution in [2.75, 3.05) is 56.7 Å². The Morgan fingerprint density at radius 1 is 0.778 bits per heavy atom. The molecule has 0 radical (unpaired) electrons. The van der Waals surface area contributed by atoms with Gasteiger partial charge in [-0.05, 0) is 118 Å². The molecule has 0 spiro atoms. The van der Waals surface area contributed by atoms with Crippen molar-refractivity contribution in [3.8, 4) is 0 Å². The molecule has 0 unspecified atom stereocenters. The van der Waals surface area contributed by atoms with Crippen molar-refractivity contribution in [3.05, 3.63) is 59.7 Å². The van der Waals surface area contributed by atoms with Crippen LogP contribution in [-0.4, -0.2) is 83.7 Å². The number of carbonyl (C=O) groups excluding carboxylic acids is 1. The molecule has 2 saturated heterocycles. The van der Waals surface area contributed by atoms with Gasteiger partial charge in [0.15, 0.2) is 9.84 Å². The fourth-order valence-corrected chi connectivity index (χ4v) is 8.96. The SMILES string of the molecule is CS(=O)(=O)c1ccc(CC2CCN(CCCN(C(=O)C3CCN(S(C)(=O)=O)CC3)c3ccc(C4CCCCC4)cc3)CC2)cc1. The number of carbonyl (C=O) groups is 1. The van der Waals surface area contributed by atoms with Gasteiger partial charge in [0.2, 0.25) is 15.9 Å². The van der Waals surface area contributed by atoms with Crippen LogP contribution >= 0.6 is 0 Å². The zero-order valence-electron chi connectivity index (χ0n) is 27.1. The number of anilines is 1. The first-order chi connectivity index (χ1) is 21.5. The number of rotatable bonds is 11. The Kier molecular flexibility index (Phi) is 11.4. The number of hydrogen-bond acceptors (Lipinski definition) is 6. The number of likely N-dealkylation sites (tertiary alicyclic amines) is 1. The molecule has 2 heterocycles. The summed E-state index contributed by atoms with van der Waals surface area (Å²) in [7, 11) is -6.41. The van der Waals surface area contributed by atoms with Gasteiger partial charge in [-0.1, -0.05) is 43.5 Å². The van der Waals surface area contributed by atoms with Crippen molar-refractivity contribution >= 4 is 31.5 Å². The van der Waals surface area contributed by atoms with Crippen LogP contribution in [0.25, 0.3) is 0 Å². The second kappa shape index (κ2) is 15.1. The summed E-state index contributed by atoms with van der Waals surface area (Å²) in [6.07, 6.45) is 14.1. The number of benzene rings is 2. The zero-order valence-corrected chi connectivity index (χ0v) is 28.7. The summed E-state index contributed by atoms with van der Waals surface area (Å²) in [6.45, 7) is 4.45. The van der Waals surface area contributed by atoms with Crippen LogP contribution in [0.4, 0.5) is 5.69 Å². The van der Waals surface area contributed by atoms with E-state index in [1.54, 1.807) is 12.1 Å². The van der Waals surface area contributed by atoms with Gasteiger partial charge >= 0.3 is 0 Å². The highest BCUT2D eigenvalue weighted by atomic mass is 32.2. The maximum absolute atomic E-state index is 13.9. The van der Waals surface area contributed by atoms with E-state index in [1.165, 1.54) is 60.0 Å². The number of amides is 1. The van der Waals surface area contributed by atoms with Crippen LogP contribution in [0.5, 0.6) is 0 Å². The maximum Gasteiger partial charge on any atom is 0.230 e. The van der Waals surface area contributed by atoms with Gasteiger partial charge in [-0.3, -0.25) is 4.79 Å². The summed E-state index contributed by atoms with van der Waals surface area (Å²) in [5.41, 5.74) is 3.51. The molecule has 45 heavy (non-hydrogen) atoms. The highest BCUT2D eigenvalue weighted by Gasteiger charge is 2.32. The fourth-order valence-electron chi connectivity index (χ4n) is 7.46. The van der Waals surface area contributed by atoms with Gasteiger partial charge in [0.05, 0.1) is 11.2 Å². The molecule has 0 bridgehead atoms. The van der Waals surface area contributed by atoms with Crippen molar-refractivity contribution < 1.29 is 21.6 Å². The molecule has 0 N–H and O–H groups in total. The van der Waals surface area contributed by atoms with Gasteiger partial charge in [0.1, 0.15) is 0 Å². The largest absolute Gasteiger partial charge is 0.312 e. The lowest BCUT2D eigenvalue weighted by molar-refractivity contribution is -0.123. The highest BCUT2D eigenvalue weighted by molar-refractivity contribution is 7.90. The molecule has 0 aromatic heterocycles. The minimum Gasteiger partial charge on any atom is -0.312 e. The summed E-state index contributed by atoms with van der Waals surface area (Å²) in [5, 5.41) is 0. The number of sulfonamides is 1. The molecule has 5 rings (SSSR count). The summed E-state index contributed by atoms with van der Waals surface area (Å²) < 4.78 is 49.1. The van der Waals surface area contributed by atoms with Crippen LogP contribution in [0, 0.1) is 11.8 Å². The van der Waals surface area contributed by atoms with Crippen LogP contribution in [0.15, 0.2) is 53.4 Å². The Labute approximate surface area is 271 Å². The predicted octanol–water partition coefficient (Wildman–Crippen LogP) is 5.49. The fraction of sp³-hybridized carbons (Fsp3) is 0.629. The van der Waals surface area contributed by atoms with Crippen LogP contribution in [-0.2, 0) is 31.1 Å². The highest BCUT2D eigenvalue weighted by Crippen LogP contribution is 2.34. The molecular weight excluding hydrogens is 607 g/mol. The molecule has 1 amide bonds. The third-order valence-electron chi connectivity index (χ3n) is 10.3. The minimum absolute atomic E-state index is 0.120. The van der Waals surface area contributed by atoms with Gasteiger partial charge in [0.25, 0.3) is 0 Å². The van der Waals surface area contributed by atoms with Crippen LogP contribution < -0.4 is 4.90 Å². The van der Waals surface area contributed by atoms with E-state index >= 15 is 0 Å². The van der Waals surface area contributed by atoms with E-state index in [2.05, 4.69) is 29.2 Å². The number of hydrogen-bond donors (Lipinski definition) is 0. The molecule has 1 aliphatic carbocycles. The smallest absolute Gasteiger partial charge is 0.230 e. The Morgan fingerprint density at radius 2 is 1.40 bits per heavy atom. The summed E-state index contributed by atoms with van der Waals surface area (Å²) in [5.74, 6) is 1.16. The molecule has 2 aromatic carbocycles. The lowest BCUT2D eigenvalue weighted by Gasteiger charge is -2.35. The van der Waals surface area contributed by atoms with Crippen LogP contribution in [0.1, 0.15) is 81.3 Å². The lowest BCUT2D eigenvalue weighted by atomic mass is 9.84. The van der Waals surface area contributed by atoms with Gasteiger partial charge < -0.3 is 9.80 Å². The Morgan fingerprint density at radius 3 is 1.98 bits per heavy atom. The first kappa shape index (κ1) is 34.1. The van der Waals surface area contributed by atoms with Crippen molar-refractivity contribution in [1.29, 1.82) is 0 Å². The molecule has 3 aliphatic rings. The van der Waals surface area contributed by atoms with E-state index in [0.29, 0.717) is 49.2 Å². The second-order valence-electron chi connectivity index (χ2n) is 13.6. The Hall–Kier alpha value is -2.27. The molecule has 2 aromatic rings. The van der Waals surface area contributed by atoms with Crippen LogP contribution in [0.2, 0.25) is 0 Å².